The zero-order chi connectivity index (χ0) is 25.5. The number of hydrogen-bond acceptors (Lipinski definition) is 0. The molecular weight excluding hydrogens is 465 g/mol. The molecule has 0 bridgehead atoms. The van der Waals surface area contributed by atoms with Gasteiger partial charge in [0.25, 0.3) is 0 Å². The summed E-state index contributed by atoms with van der Waals surface area (Å²) in [6, 6.07) is 20.6. The molecule has 0 amide bonds. The monoisotopic (exact) mass is 516 g/mol. The minimum Gasteiger partial charge on any atom is -0.0711 e. The van der Waals surface area contributed by atoms with Gasteiger partial charge in [0, 0.05) is 15.2 Å². The summed E-state index contributed by atoms with van der Waals surface area (Å²) < 4.78 is 0. The Morgan fingerprint density at radius 2 is 1.44 bits per heavy atom. The molecule has 0 nitrogen and oxygen atoms in total. The van der Waals surface area contributed by atoms with E-state index in [1.807, 2.05) is 0 Å². The standard InChI is InChI=1S/C34H52Si2/c1-25(2)23-26-19-20-28(24-26)35(3,4)36(5,6)34-22-21-32-31(17-12-18-33(32)34)30-16-11-10-15-29(30)27-13-8-7-9-14-27/h7-11,13-16,25-26,28,31-34H,12,17-24H2,1-6H3. The van der Waals surface area contributed by atoms with Gasteiger partial charge in [-0.25, -0.2) is 0 Å². The van der Waals surface area contributed by atoms with E-state index in [2.05, 4.69) is 94.6 Å². The van der Waals surface area contributed by atoms with Gasteiger partial charge in [-0.15, -0.1) is 0 Å². The van der Waals surface area contributed by atoms with Crippen molar-refractivity contribution in [1.82, 2.24) is 0 Å². The molecule has 2 aromatic carbocycles. The lowest BCUT2D eigenvalue weighted by molar-refractivity contribution is 0.237. The van der Waals surface area contributed by atoms with Crippen LogP contribution in [0, 0.1) is 23.7 Å². The van der Waals surface area contributed by atoms with E-state index >= 15 is 0 Å². The normalized spacial score (nSPS) is 31.1. The highest BCUT2D eigenvalue weighted by Gasteiger charge is 2.57. The van der Waals surface area contributed by atoms with Gasteiger partial charge in [0.1, 0.15) is 0 Å². The highest BCUT2D eigenvalue weighted by Crippen LogP contribution is 2.61. The van der Waals surface area contributed by atoms with Crippen molar-refractivity contribution in [2.45, 2.75) is 115 Å². The molecule has 3 fully saturated rings. The summed E-state index contributed by atoms with van der Waals surface area (Å²) >= 11 is 0. The Balaban J connectivity index is 1.37. The minimum atomic E-state index is -1.31. The van der Waals surface area contributed by atoms with E-state index in [0.717, 1.165) is 40.7 Å². The summed E-state index contributed by atoms with van der Waals surface area (Å²) in [5, 5.41) is 0. The number of fused-ring (bicyclic) bond motifs is 1. The van der Waals surface area contributed by atoms with Crippen LogP contribution in [0.5, 0.6) is 0 Å². The van der Waals surface area contributed by atoms with Crippen LogP contribution in [0.15, 0.2) is 54.6 Å². The van der Waals surface area contributed by atoms with Crippen LogP contribution in [0.25, 0.3) is 11.1 Å². The fourth-order valence-corrected chi connectivity index (χ4v) is 23.5. The van der Waals surface area contributed by atoms with Crippen LogP contribution in [-0.4, -0.2) is 15.2 Å². The maximum atomic E-state index is 2.88. The highest BCUT2D eigenvalue weighted by molar-refractivity contribution is 7.41. The summed E-state index contributed by atoms with van der Waals surface area (Å²) in [6.45, 7) is 16.3. The molecule has 0 saturated heterocycles. The van der Waals surface area contributed by atoms with Gasteiger partial charge < -0.3 is 0 Å². The Labute approximate surface area is 224 Å². The molecule has 6 atom stereocenters. The number of benzene rings is 2. The van der Waals surface area contributed by atoms with Crippen LogP contribution in [-0.2, 0) is 0 Å². The third-order valence-corrected chi connectivity index (χ3v) is 32.6. The van der Waals surface area contributed by atoms with Crippen molar-refractivity contribution >= 4 is 15.2 Å². The molecule has 3 saturated carbocycles. The summed E-state index contributed by atoms with van der Waals surface area (Å²) in [5.41, 5.74) is 6.73. The first kappa shape index (κ1) is 26.5. The van der Waals surface area contributed by atoms with Crippen LogP contribution in [0.3, 0.4) is 0 Å². The van der Waals surface area contributed by atoms with E-state index in [1.54, 1.807) is 18.4 Å². The smallest absolute Gasteiger partial charge is 0.0448 e. The van der Waals surface area contributed by atoms with Crippen LogP contribution in [0.2, 0.25) is 37.3 Å². The molecule has 196 valence electrons. The van der Waals surface area contributed by atoms with Crippen molar-refractivity contribution in [3.8, 4) is 11.1 Å². The lowest BCUT2D eigenvalue weighted by atomic mass is 9.69. The summed E-state index contributed by atoms with van der Waals surface area (Å²) in [6.07, 6.45) is 13.5. The topological polar surface area (TPSA) is 0 Å². The van der Waals surface area contributed by atoms with Gasteiger partial charge in [0.2, 0.25) is 0 Å². The third kappa shape index (κ3) is 4.86. The van der Waals surface area contributed by atoms with E-state index in [4.69, 9.17) is 0 Å². The lowest BCUT2D eigenvalue weighted by Gasteiger charge is -2.50. The first-order chi connectivity index (χ1) is 17.2. The van der Waals surface area contributed by atoms with Crippen molar-refractivity contribution in [2.75, 3.05) is 0 Å². The average Bonchev–Trinajstić information content (AvgIpc) is 3.52. The van der Waals surface area contributed by atoms with Crippen molar-refractivity contribution in [1.29, 1.82) is 0 Å². The van der Waals surface area contributed by atoms with Crippen LogP contribution >= 0.6 is 0 Å². The molecule has 2 aromatic rings. The quantitative estimate of drug-likeness (QED) is 0.321. The minimum absolute atomic E-state index is 0.765. The van der Waals surface area contributed by atoms with Gasteiger partial charge in [-0.1, -0.05) is 133 Å². The van der Waals surface area contributed by atoms with E-state index in [9.17, 15) is 0 Å². The van der Waals surface area contributed by atoms with E-state index in [0.29, 0.717) is 0 Å². The maximum absolute atomic E-state index is 2.88. The van der Waals surface area contributed by atoms with Crippen molar-refractivity contribution in [3.05, 3.63) is 60.2 Å². The Kier molecular flexibility index (Phi) is 7.77. The molecule has 0 aliphatic heterocycles. The number of hydrogen-bond donors (Lipinski definition) is 0. The molecular formula is C34H52Si2. The second kappa shape index (κ2) is 10.6. The zero-order valence-corrected chi connectivity index (χ0v) is 26.1. The second-order valence-electron chi connectivity index (χ2n) is 14.5. The van der Waals surface area contributed by atoms with Crippen LogP contribution in [0.4, 0.5) is 0 Å². The Morgan fingerprint density at radius 1 is 0.722 bits per heavy atom. The molecule has 0 radical (unpaired) electrons. The summed E-state index contributed by atoms with van der Waals surface area (Å²) in [5.74, 6) is 4.58. The molecule has 5 rings (SSSR count). The Bertz CT molecular complexity index is 1010. The second-order valence-corrected chi connectivity index (χ2v) is 30.6. The predicted molar refractivity (Wildman–Crippen MR) is 164 cm³/mol. The van der Waals surface area contributed by atoms with E-state index < -0.39 is 15.2 Å². The molecule has 3 aliphatic rings. The van der Waals surface area contributed by atoms with Gasteiger partial charge >= 0.3 is 0 Å². The lowest BCUT2D eigenvalue weighted by Crippen LogP contribution is -2.61. The number of rotatable bonds is 7. The summed E-state index contributed by atoms with van der Waals surface area (Å²) in [4.78, 5) is 0. The fourth-order valence-electron chi connectivity index (χ4n) is 9.40. The van der Waals surface area contributed by atoms with Gasteiger partial charge in [0.15, 0.2) is 0 Å². The Morgan fingerprint density at radius 3 is 2.19 bits per heavy atom. The van der Waals surface area contributed by atoms with Crippen molar-refractivity contribution in [2.24, 2.45) is 23.7 Å². The molecule has 36 heavy (non-hydrogen) atoms. The molecule has 6 unspecified atom stereocenters. The molecule has 3 aliphatic carbocycles. The Hall–Kier alpha value is -1.13. The van der Waals surface area contributed by atoms with Gasteiger partial charge in [-0.2, -0.15) is 0 Å². The summed E-state index contributed by atoms with van der Waals surface area (Å²) in [7, 11) is -2.57. The predicted octanol–water partition coefficient (Wildman–Crippen LogP) is 10.7. The van der Waals surface area contributed by atoms with Crippen molar-refractivity contribution < 1.29 is 0 Å². The van der Waals surface area contributed by atoms with Gasteiger partial charge in [0.05, 0.1) is 0 Å². The van der Waals surface area contributed by atoms with Crippen LogP contribution in [0.1, 0.15) is 83.1 Å². The molecule has 0 aromatic heterocycles. The largest absolute Gasteiger partial charge is 0.0711 e. The van der Waals surface area contributed by atoms with Gasteiger partial charge in [-0.3, -0.25) is 0 Å². The van der Waals surface area contributed by atoms with Crippen molar-refractivity contribution in [3.63, 3.8) is 0 Å². The zero-order valence-electron chi connectivity index (χ0n) is 24.1. The third-order valence-electron chi connectivity index (χ3n) is 11.8. The average molecular weight is 517 g/mol. The molecule has 0 spiro atoms. The fraction of sp³-hybridized carbons (Fsp3) is 0.647. The molecule has 2 heteroatoms. The molecule has 0 N–H and O–H groups in total. The van der Waals surface area contributed by atoms with Crippen LogP contribution < -0.4 is 0 Å². The molecule has 0 heterocycles. The first-order valence-electron chi connectivity index (χ1n) is 15.3. The SMILES string of the molecule is CC(C)CC1CCC([Si](C)(C)[Si](C)(C)C2CCC3C(c4ccccc4-c4ccccc4)CCCC32)C1. The first-order valence-corrected chi connectivity index (χ1v) is 22.5. The van der Waals surface area contributed by atoms with E-state index in [-0.39, 0.29) is 0 Å². The highest BCUT2D eigenvalue weighted by atomic mass is 29.3. The van der Waals surface area contributed by atoms with Gasteiger partial charge in [-0.05, 0) is 76.6 Å². The maximum Gasteiger partial charge on any atom is 0.0448 e. The van der Waals surface area contributed by atoms with E-state index in [1.165, 1.54) is 56.1 Å².